The molecule has 0 aliphatic carbocycles. The highest BCUT2D eigenvalue weighted by atomic mass is 35.5. The molecule has 2 aromatic carbocycles. The van der Waals surface area contributed by atoms with Crippen molar-refractivity contribution in [2.45, 2.75) is 13.2 Å². The Balaban J connectivity index is 1.91. The van der Waals surface area contributed by atoms with Crippen LogP contribution in [0.15, 0.2) is 48.5 Å². The van der Waals surface area contributed by atoms with Crippen molar-refractivity contribution in [3.63, 3.8) is 0 Å². The molecule has 0 heterocycles. The van der Waals surface area contributed by atoms with Gasteiger partial charge in [0.1, 0.15) is 12.4 Å². The van der Waals surface area contributed by atoms with E-state index in [1.165, 1.54) is 0 Å². The molecule has 0 saturated carbocycles. The molecule has 110 valence electrons. The van der Waals surface area contributed by atoms with Crippen LogP contribution in [0.5, 0.6) is 5.75 Å². The first-order valence-corrected chi connectivity index (χ1v) is 6.90. The minimum absolute atomic E-state index is 0.0795. The summed E-state index contributed by atoms with van der Waals surface area (Å²) in [5, 5.41) is 11.9. The number of nitrogens with one attached hydrogen (secondary N) is 1. The summed E-state index contributed by atoms with van der Waals surface area (Å²) < 4.78 is 5.67. The molecule has 2 aromatic rings. The predicted molar refractivity (Wildman–Crippen MR) is 81.6 cm³/mol. The van der Waals surface area contributed by atoms with Crippen LogP contribution >= 0.6 is 11.6 Å². The van der Waals surface area contributed by atoms with E-state index in [9.17, 15) is 4.79 Å². The Hall–Kier alpha value is -2.04. The standard InChI is InChI=1S/C16H16ClNO3/c17-14-8-13(9-18-10-16(19)20)6-7-15(14)21-11-12-4-2-1-3-5-12/h1-8,18H,9-11H2,(H,19,20). The molecule has 2 rings (SSSR count). The van der Waals surface area contributed by atoms with Gasteiger partial charge in [0, 0.05) is 6.54 Å². The predicted octanol–water partition coefficient (Wildman–Crippen LogP) is 3.09. The molecule has 0 aliphatic rings. The lowest BCUT2D eigenvalue weighted by Crippen LogP contribution is -2.21. The Morgan fingerprint density at radius 2 is 1.90 bits per heavy atom. The smallest absolute Gasteiger partial charge is 0.317 e. The Labute approximate surface area is 128 Å². The number of hydrogen-bond acceptors (Lipinski definition) is 3. The summed E-state index contributed by atoms with van der Waals surface area (Å²) in [7, 11) is 0. The summed E-state index contributed by atoms with van der Waals surface area (Å²) in [6.07, 6.45) is 0. The maximum absolute atomic E-state index is 10.4. The van der Waals surface area contributed by atoms with Crippen LogP contribution in [0.1, 0.15) is 11.1 Å². The second kappa shape index (κ2) is 7.67. The monoisotopic (exact) mass is 305 g/mol. The van der Waals surface area contributed by atoms with Crippen LogP contribution < -0.4 is 10.1 Å². The number of carboxylic acids is 1. The number of carbonyl (C=O) groups is 1. The van der Waals surface area contributed by atoms with Gasteiger partial charge < -0.3 is 15.2 Å². The van der Waals surface area contributed by atoms with Crippen molar-refractivity contribution in [1.29, 1.82) is 0 Å². The molecule has 21 heavy (non-hydrogen) atoms. The van der Waals surface area contributed by atoms with Crippen LogP contribution in [0.3, 0.4) is 0 Å². The average Bonchev–Trinajstić information content (AvgIpc) is 2.47. The van der Waals surface area contributed by atoms with Crippen molar-refractivity contribution in [1.82, 2.24) is 5.32 Å². The molecule has 0 spiro atoms. The van der Waals surface area contributed by atoms with Gasteiger partial charge >= 0.3 is 5.97 Å². The van der Waals surface area contributed by atoms with E-state index >= 15 is 0 Å². The Morgan fingerprint density at radius 3 is 2.57 bits per heavy atom. The topological polar surface area (TPSA) is 58.6 Å². The highest BCUT2D eigenvalue weighted by Gasteiger charge is 2.04. The molecule has 0 fully saturated rings. The highest BCUT2D eigenvalue weighted by molar-refractivity contribution is 6.32. The fourth-order valence-corrected chi connectivity index (χ4v) is 2.08. The van der Waals surface area contributed by atoms with Gasteiger partial charge in [-0.15, -0.1) is 0 Å². The second-order valence-corrected chi connectivity index (χ2v) is 4.94. The van der Waals surface area contributed by atoms with Crippen LogP contribution in [0.4, 0.5) is 0 Å². The lowest BCUT2D eigenvalue weighted by Gasteiger charge is -2.10. The fraction of sp³-hybridized carbons (Fsp3) is 0.188. The minimum Gasteiger partial charge on any atom is -0.487 e. The lowest BCUT2D eigenvalue weighted by atomic mass is 10.2. The number of hydrogen-bond donors (Lipinski definition) is 2. The molecule has 0 saturated heterocycles. The summed E-state index contributed by atoms with van der Waals surface area (Å²) in [6.45, 7) is 0.825. The third-order valence-corrected chi connectivity index (χ3v) is 3.13. The highest BCUT2D eigenvalue weighted by Crippen LogP contribution is 2.26. The quantitative estimate of drug-likeness (QED) is 0.825. The van der Waals surface area contributed by atoms with Crippen LogP contribution in [0.2, 0.25) is 5.02 Å². The first-order chi connectivity index (χ1) is 10.1. The lowest BCUT2D eigenvalue weighted by molar-refractivity contribution is -0.135. The molecular weight excluding hydrogens is 290 g/mol. The largest absolute Gasteiger partial charge is 0.487 e. The summed E-state index contributed by atoms with van der Waals surface area (Å²) in [5.74, 6) is -0.272. The summed E-state index contributed by atoms with van der Waals surface area (Å²) >= 11 is 6.17. The first kappa shape index (κ1) is 15.4. The van der Waals surface area contributed by atoms with Crippen molar-refractivity contribution in [3.8, 4) is 5.75 Å². The van der Waals surface area contributed by atoms with Crippen molar-refractivity contribution in [2.75, 3.05) is 6.54 Å². The third-order valence-electron chi connectivity index (χ3n) is 2.84. The molecular formula is C16H16ClNO3. The summed E-state index contributed by atoms with van der Waals surface area (Å²) in [6, 6.07) is 15.3. The fourth-order valence-electron chi connectivity index (χ4n) is 1.82. The zero-order chi connectivity index (χ0) is 15.1. The van der Waals surface area contributed by atoms with E-state index in [0.29, 0.717) is 23.9 Å². The van der Waals surface area contributed by atoms with E-state index in [1.807, 2.05) is 36.4 Å². The van der Waals surface area contributed by atoms with Gasteiger partial charge in [-0.3, -0.25) is 4.79 Å². The molecule has 0 aliphatic heterocycles. The summed E-state index contributed by atoms with van der Waals surface area (Å²) in [4.78, 5) is 10.4. The third kappa shape index (κ3) is 5.10. The van der Waals surface area contributed by atoms with E-state index in [1.54, 1.807) is 12.1 Å². The molecule has 0 radical (unpaired) electrons. The molecule has 4 nitrogen and oxygen atoms in total. The molecule has 0 amide bonds. The SMILES string of the molecule is O=C(O)CNCc1ccc(OCc2ccccc2)c(Cl)c1. The number of aliphatic carboxylic acids is 1. The molecule has 2 N–H and O–H groups in total. The number of ether oxygens (including phenoxy) is 1. The van der Waals surface area contributed by atoms with Crippen molar-refractivity contribution >= 4 is 17.6 Å². The van der Waals surface area contributed by atoms with Gasteiger partial charge in [-0.1, -0.05) is 48.0 Å². The van der Waals surface area contributed by atoms with Gasteiger partial charge in [-0.05, 0) is 23.3 Å². The second-order valence-electron chi connectivity index (χ2n) is 4.54. The van der Waals surface area contributed by atoms with Gasteiger partial charge in [0.25, 0.3) is 0 Å². The maximum Gasteiger partial charge on any atom is 0.317 e. The van der Waals surface area contributed by atoms with Gasteiger partial charge in [-0.25, -0.2) is 0 Å². The van der Waals surface area contributed by atoms with E-state index in [-0.39, 0.29) is 6.54 Å². The van der Waals surface area contributed by atoms with Gasteiger partial charge in [0.15, 0.2) is 0 Å². The summed E-state index contributed by atoms with van der Waals surface area (Å²) in [5.41, 5.74) is 1.98. The number of rotatable bonds is 7. The Morgan fingerprint density at radius 1 is 1.14 bits per heavy atom. The Bertz CT molecular complexity index is 602. The van der Waals surface area contributed by atoms with E-state index in [2.05, 4.69) is 5.32 Å². The zero-order valence-corrected chi connectivity index (χ0v) is 12.1. The molecule has 0 bridgehead atoms. The molecule has 5 heteroatoms. The number of halogens is 1. The zero-order valence-electron chi connectivity index (χ0n) is 11.4. The molecule has 0 aromatic heterocycles. The van der Waals surface area contributed by atoms with Crippen LogP contribution in [0.25, 0.3) is 0 Å². The van der Waals surface area contributed by atoms with Crippen molar-refractivity contribution in [3.05, 3.63) is 64.7 Å². The van der Waals surface area contributed by atoms with Crippen LogP contribution in [0, 0.1) is 0 Å². The normalized spacial score (nSPS) is 10.3. The maximum atomic E-state index is 10.4. The van der Waals surface area contributed by atoms with Crippen LogP contribution in [-0.2, 0) is 17.9 Å². The van der Waals surface area contributed by atoms with E-state index in [4.69, 9.17) is 21.4 Å². The number of benzene rings is 2. The molecule has 0 atom stereocenters. The van der Waals surface area contributed by atoms with E-state index in [0.717, 1.165) is 11.1 Å². The minimum atomic E-state index is -0.885. The van der Waals surface area contributed by atoms with E-state index < -0.39 is 5.97 Å². The van der Waals surface area contributed by atoms with Gasteiger partial charge in [0.2, 0.25) is 0 Å². The van der Waals surface area contributed by atoms with Crippen LogP contribution in [-0.4, -0.2) is 17.6 Å². The van der Waals surface area contributed by atoms with Crippen molar-refractivity contribution in [2.24, 2.45) is 0 Å². The Kier molecular flexibility index (Phi) is 5.60. The first-order valence-electron chi connectivity index (χ1n) is 6.53. The van der Waals surface area contributed by atoms with Gasteiger partial charge in [0.05, 0.1) is 11.6 Å². The van der Waals surface area contributed by atoms with Crippen molar-refractivity contribution < 1.29 is 14.6 Å². The molecule has 0 unspecified atom stereocenters. The number of carboxylic acid groups (broad SMARTS) is 1. The average molecular weight is 306 g/mol. The van der Waals surface area contributed by atoms with Gasteiger partial charge in [-0.2, -0.15) is 0 Å².